The minimum atomic E-state index is 0.881. The predicted molar refractivity (Wildman–Crippen MR) is 109 cm³/mol. The molecule has 0 radical (unpaired) electrons. The van der Waals surface area contributed by atoms with Gasteiger partial charge in [-0.3, -0.25) is 4.90 Å². The van der Waals surface area contributed by atoms with Crippen molar-refractivity contribution in [1.29, 1.82) is 0 Å². The molecule has 0 N–H and O–H groups in total. The second-order valence-corrected chi connectivity index (χ2v) is 7.18. The van der Waals surface area contributed by atoms with Gasteiger partial charge in [0.2, 0.25) is 0 Å². The second-order valence-electron chi connectivity index (χ2n) is 7.18. The highest BCUT2D eigenvalue weighted by atomic mass is 15.4. The first-order valence-corrected chi connectivity index (χ1v) is 9.62. The Morgan fingerprint density at radius 1 is 0.964 bits per heavy atom. The number of benzene rings is 1. The number of fused-ring (bicyclic) bond motifs is 1. The minimum absolute atomic E-state index is 0.881. The topological polar surface area (TPSA) is 54.5 Å². The Labute approximate surface area is 163 Å². The molecular formula is C21H23N7. The summed E-state index contributed by atoms with van der Waals surface area (Å²) in [5, 5.41) is 4.51. The molecule has 142 valence electrons. The molecule has 0 bridgehead atoms. The fraction of sp³-hybridized carbons (Fsp3) is 0.286. The number of hydrogen-bond donors (Lipinski definition) is 0. The Kier molecular flexibility index (Phi) is 4.29. The van der Waals surface area contributed by atoms with Gasteiger partial charge in [-0.2, -0.15) is 9.61 Å². The maximum Gasteiger partial charge on any atom is 0.157 e. The van der Waals surface area contributed by atoms with E-state index in [-0.39, 0.29) is 0 Å². The van der Waals surface area contributed by atoms with Crippen LogP contribution in [0.5, 0.6) is 0 Å². The van der Waals surface area contributed by atoms with E-state index in [0.717, 1.165) is 61.3 Å². The average molecular weight is 373 g/mol. The lowest BCUT2D eigenvalue weighted by atomic mass is 10.1. The van der Waals surface area contributed by atoms with Crippen LogP contribution >= 0.6 is 0 Å². The van der Waals surface area contributed by atoms with Crippen molar-refractivity contribution in [3.63, 3.8) is 0 Å². The number of piperazine rings is 1. The van der Waals surface area contributed by atoms with Crippen LogP contribution in [0, 0.1) is 0 Å². The lowest BCUT2D eigenvalue weighted by molar-refractivity contribution is 0.241. The smallest absolute Gasteiger partial charge is 0.157 e. The van der Waals surface area contributed by atoms with Crippen LogP contribution < -0.4 is 4.90 Å². The molecule has 0 aliphatic carbocycles. The van der Waals surface area contributed by atoms with Crippen molar-refractivity contribution in [3.8, 4) is 11.3 Å². The van der Waals surface area contributed by atoms with Gasteiger partial charge in [0.1, 0.15) is 11.6 Å². The number of imidazole rings is 1. The summed E-state index contributed by atoms with van der Waals surface area (Å²) in [5.74, 6) is 2.21. The van der Waals surface area contributed by atoms with Crippen molar-refractivity contribution in [2.45, 2.75) is 6.54 Å². The first-order valence-electron chi connectivity index (χ1n) is 9.62. The molecule has 4 heterocycles. The van der Waals surface area contributed by atoms with E-state index in [1.165, 1.54) is 0 Å². The monoisotopic (exact) mass is 373 g/mol. The quantitative estimate of drug-likeness (QED) is 0.550. The van der Waals surface area contributed by atoms with Crippen LogP contribution in [0.15, 0.2) is 61.1 Å². The first-order chi connectivity index (χ1) is 13.8. The second kappa shape index (κ2) is 7.09. The Morgan fingerprint density at radius 3 is 2.54 bits per heavy atom. The zero-order valence-electron chi connectivity index (χ0n) is 15.9. The largest absolute Gasteiger partial charge is 0.354 e. The summed E-state index contributed by atoms with van der Waals surface area (Å²) >= 11 is 0. The number of nitrogens with zero attached hydrogens (tertiary/aromatic N) is 7. The third kappa shape index (κ3) is 3.14. The van der Waals surface area contributed by atoms with E-state index in [9.17, 15) is 0 Å². The van der Waals surface area contributed by atoms with Crippen LogP contribution in [0.4, 0.5) is 5.82 Å². The zero-order chi connectivity index (χ0) is 18.9. The molecule has 5 rings (SSSR count). The summed E-state index contributed by atoms with van der Waals surface area (Å²) in [6.07, 6.45) is 5.68. The van der Waals surface area contributed by atoms with Gasteiger partial charge in [0.25, 0.3) is 0 Å². The molecule has 1 aromatic carbocycles. The summed E-state index contributed by atoms with van der Waals surface area (Å²) in [6, 6.07) is 14.5. The Hall–Kier alpha value is -3.19. The van der Waals surface area contributed by atoms with E-state index in [2.05, 4.69) is 49.7 Å². The minimum Gasteiger partial charge on any atom is -0.354 e. The average Bonchev–Trinajstić information content (AvgIpc) is 3.37. The molecule has 1 aliphatic rings. The highest BCUT2D eigenvalue weighted by Gasteiger charge is 2.21. The van der Waals surface area contributed by atoms with E-state index in [4.69, 9.17) is 4.98 Å². The van der Waals surface area contributed by atoms with Gasteiger partial charge in [0, 0.05) is 63.3 Å². The highest BCUT2D eigenvalue weighted by Crippen LogP contribution is 2.25. The van der Waals surface area contributed by atoms with Crippen LogP contribution in [0.2, 0.25) is 0 Å². The summed E-state index contributed by atoms with van der Waals surface area (Å²) < 4.78 is 4.04. The van der Waals surface area contributed by atoms with Crippen LogP contribution in [0.1, 0.15) is 5.82 Å². The van der Waals surface area contributed by atoms with E-state index >= 15 is 0 Å². The normalized spacial score (nSPS) is 15.4. The Morgan fingerprint density at radius 2 is 1.79 bits per heavy atom. The number of rotatable bonds is 4. The van der Waals surface area contributed by atoms with E-state index in [0.29, 0.717) is 0 Å². The molecule has 1 aliphatic heterocycles. The number of anilines is 1. The van der Waals surface area contributed by atoms with Crippen molar-refractivity contribution < 1.29 is 0 Å². The molecule has 0 amide bonds. The van der Waals surface area contributed by atoms with Crippen molar-refractivity contribution in [2.24, 2.45) is 7.05 Å². The van der Waals surface area contributed by atoms with Crippen LogP contribution in [-0.4, -0.2) is 55.2 Å². The van der Waals surface area contributed by atoms with Crippen LogP contribution in [-0.2, 0) is 13.6 Å². The summed E-state index contributed by atoms with van der Waals surface area (Å²) in [7, 11) is 2.05. The molecule has 7 heteroatoms. The van der Waals surface area contributed by atoms with E-state index < -0.39 is 0 Å². The predicted octanol–water partition coefficient (Wildman–Crippen LogP) is 2.45. The molecule has 0 saturated carbocycles. The molecule has 1 fully saturated rings. The lowest BCUT2D eigenvalue weighted by Gasteiger charge is -2.35. The summed E-state index contributed by atoms with van der Waals surface area (Å²) in [5.41, 5.74) is 2.99. The molecule has 0 unspecified atom stereocenters. The van der Waals surface area contributed by atoms with Gasteiger partial charge in [-0.25, -0.2) is 9.97 Å². The maximum atomic E-state index is 4.79. The Bertz CT molecular complexity index is 1070. The molecular weight excluding hydrogens is 350 g/mol. The summed E-state index contributed by atoms with van der Waals surface area (Å²) in [6.45, 7) is 4.80. The molecule has 1 saturated heterocycles. The van der Waals surface area contributed by atoms with Gasteiger partial charge in [-0.05, 0) is 0 Å². The van der Waals surface area contributed by atoms with E-state index in [1.807, 2.05) is 47.4 Å². The maximum absolute atomic E-state index is 4.79. The number of aromatic nitrogens is 5. The van der Waals surface area contributed by atoms with Gasteiger partial charge in [0.15, 0.2) is 5.65 Å². The van der Waals surface area contributed by atoms with Crippen molar-refractivity contribution in [2.75, 3.05) is 31.1 Å². The summed E-state index contributed by atoms with van der Waals surface area (Å²) in [4.78, 5) is 14.1. The molecule has 7 nitrogen and oxygen atoms in total. The molecule has 0 spiro atoms. The number of aryl methyl sites for hydroxylation is 1. The standard InChI is InChI=1S/C21H23N7/c1-25-10-9-22-20(25)16-26-11-13-27(14-12-26)21-15-18(17-5-3-2-4-6-17)24-19-7-8-23-28(19)21/h2-10,15H,11-14,16H2,1H3. The van der Waals surface area contributed by atoms with Gasteiger partial charge in [0.05, 0.1) is 18.4 Å². The van der Waals surface area contributed by atoms with Gasteiger partial charge in [-0.1, -0.05) is 30.3 Å². The van der Waals surface area contributed by atoms with Gasteiger partial charge < -0.3 is 9.47 Å². The third-order valence-corrected chi connectivity index (χ3v) is 5.39. The molecule has 4 aromatic rings. The first kappa shape index (κ1) is 16.9. The van der Waals surface area contributed by atoms with Gasteiger partial charge >= 0.3 is 0 Å². The van der Waals surface area contributed by atoms with Crippen LogP contribution in [0.25, 0.3) is 16.9 Å². The van der Waals surface area contributed by atoms with Crippen molar-refractivity contribution >= 4 is 11.5 Å². The fourth-order valence-electron chi connectivity index (χ4n) is 3.76. The molecule has 28 heavy (non-hydrogen) atoms. The fourth-order valence-corrected chi connectivity index (χ4v) is 3.76. The third-order valence-electron chi connectivity index (χ3n) is 5.39. The van der Waals surface area contributed by atoms with Crippen molar-refractivity contribution in [3.05, 3.63) is 66.9 Å². The lowest BCUT2D eigenvalue weighted by Crippen LogP contribution is -2.46. The van der Waals surface area contributed by atoms with Crippen LogP contribution in [0.3, 0.4) is 0 Å². The number of hydrogen-bond acceptors (Lipinski definition) is 5. The SMILES string of the molecule is Cn1ccnc1CN1CCN(c2cc(-c3ccccc3)nc3ccnn23)CC1. The highest BCUT2D eigenvalue weighted by molar-refractivity contribution is 5.66. The van der Waals surface area contributed by atoms with E-state index in [1.54, 1.807) is 0 Å². The molecule has 3 aromatic heterocycles. The zero-order valence-corrected chi connectivity index (χ0v) is 15.9. The molecule has 0 atom stereocenters. The van der Waals surface area contributed by atoms with Gasteiger partial charge in [-0.15, -0.1) is 0 Å². The Balaban J connectivity index is 1.39. The van der Waals surface area contributed by atoms with Crippen molar-refractivity contribution in [1.82, 2.24) is 29.0 Å².